The van der Waals surface area contributed by atoms with E-state index in [-0.39, 0.29) is 12.5 Å². The average molecular weight is 540 g/mol. The first-order valence-electron chi connectivity index (χ1n) is 10.7. The molecule has 1 aliphatic rings. The number of methoxy groups -OCH3 is 1. The van der Waals surface area contributed by atoms with Crippen molar-refractivity contribution in [1.82, 2.24) is 10.2 Å². The quantitative estimate of drug-likeness (QED) is 0.356. The van der Waals surface area contributed by atoms with E-state index in [9.17, 15) is 9.18 Å². The summed E-state index contributed by atoms with van der Waals surface area (Å²) in [6.07, 6.45) is 2.96. The molecule has 0 spiro atoms. The number of nitrogens with one attached hydrogen (secondary N) is 1. The summed E-state index contributed by atoms with van der Waals surface area (Å²) < 4.78 is 24.2. The number of carbonyl (C=O) groups is 1. The number of hydrogen-bond donors (Lipinski definition) is 1. The molecule has 0 atom stereocenters. The maximum absolute atomic E-state index is 12.6. The molecule has 1 aliphatic heterocycles. The Labute approximate surface area is 197 Å². The van der Waals surface area contributed by atoms with E-state index < -0.39 is 6.67 Å². The molecule has 1 amide bonds. The van der Waals surface area contributed by atoms with Gasteiger partial charge >= 0.3 is 0 Å². The zero-order chi connectivity index (χ0) is 22.2. The third-order valence-electron chi connectivity index (χ3n) is 5.52. The molecule has 7 heteroatoms. The van der Waals surface area contributed by atoms with Crippen LogP contribution in [-0.4, -0.2) is 50.8 Å². The highest BCUT2D eigenvalue weighted by atomic mass is 127. The van der Waals surface area contributed by atoms with Crippen molar-refractivity contribution in [3.8, 4) is 11.5 Å². The highest BCUT2D eigenvalue weighted by Gasteiger charge is 2.18. The summed E-state index contributed by atoms with van der Waals surface area (Å²) >= 11 is 2.15. The van der Waals surface area contributed by atoms with Crippen LogP contribution in [0.4, 0.5) is 4.39 Å². The number of amides is 1. The summed E-state index contributed by atoms with van der Waals surface area (Å²) in [4.78, 5) is 15.0. The standard InChI is InChI=1S/C24H30FIN2O3/c1-17-13-19-16-28(11-7-18(19)14-23(17)30-2)10-4-3-9-27-24(29)21-15-20(26)5-6-22(21)31-12-8-25/h5-6,13-15H,3-4,7-12,16H2,1-2H3,(H,27,29). The Bertz CT molecular complexity index is 907. The van der Waals surface area contributed by atoms with E-state index in [1.54, 1.807) is 19.2 Å². The molecule has 1 N–H and O–H groups in total. The predicted octanol–water partition coefficient (Wildman–Crippen LogP) is 4.52. The molecule has 0 bridgehead atoms. The summed E-state index contributed by atoms with van der Waals surface area (Å²) in [6, 6.07) is 9.75. The van der Waals surface area contributed by atoms with Crippen molar-refractivity contribution in [3.05, 3.63) is 56.2 Å². The Morgan fingerprint density at radius 2 is 2.03 bits per heavy atom. The second-order valence-electron chi connectivity index (χ2n) is 7.76. The number of aryl methyl sites for hydroxylation is 1. The molecule has 0 saturated heterocycles. The molecule has 0 saturated carbocycles. The van der Waals surface area contributed by atoms with E-state index in [1.165, 1.54) is 16.7 Å². The van der Waals surface area contributed by atoms with Gasteiger partial charge in [-0.15, -0.1) is 0 Å². The molecule has 0 aliphatic carbocycles. The van der Waals surface area contributed by atoms with Gasteiger partial charge in [0.15, 0.2) is 0 Å². The van der Waals surface area contributed by atoms with Crippen LogP contribution in [0.25, 0.3) is 0 Å². The largest absolute Gasteiger partial charge is 0.496 e. The van der Waals surface area contributed by atoms with Gasteiger partial charge in [0.1, 0.15) is 24.8 Å². The maximum atomic E-state index is 12.6. The van der Waals surface area contributed by atoms with Crippen LogP contribution in [-0.2, 0) is 13.0 Å². The van der Waals surface area contributed by atoms with Crippen molar-refractivity contribution in [1.29, 1.82) is 0 Å². The zero-order valence-electron chi connectivity index (χ0n) is 18.2. The van der Waals surface area contributed by atoms with Gasteiger partial charge in [0.25, 0.3) is 5.91 Å². The number of unbranched alkanes of at least 4 members (excludes halogenated alkanes) is 1. The Hall–Kier alpha value is -1.87. The van der Waals surface area contributed by atoms with Gasteiger partial charge in [-0.3, -0.25) is 9.69 Å². The van der Waals surface area contributed by atoms with Gasteiger partial charge in [-0.25, -0.2) is 4.39 Å². The first-order valence-corrected chi connectivity index (χ1v) is 11.7. The molecular formula is C24H30FIN2O3. The first-order chi connectivity index (χ1) is 15.0. The maximum Gasteiger partial charge on any atom is 0.255 e. The smallest absolute Gasteiger partial charge is 0.255 e. The van der Waals surface area contributed by atoms with Crippen molar-refractivity contribution < 1.29 is 18.7 Å². The minimum absolute atomic E-state index is 0.0495. The third kappa shape index (κ3) is 6.55. The summed E-state index contributed by atoms with van der Waals surface area (Å²) in [5, 5.41) is 2.97. The van der Waals surface area contributed by atoms with Crippen molar-refractivity contribution in [3.63, 3.8) is 0 Å². The number of carbonyl (C=O) groups excluding carboxylic acids is 1. The molecule has 2 aromatic rings. The molecule has 0 aromatic heterocycles. The topological polar surface area (TPSA) is 50.8 Å². The Morgan fingerprint density at radius 1 is 1.19 bits per heavy atom. The number of benzene rings is 2. The monoisotopic (exact) mass is 540 g/mol. The minimum Gasteiger partial charge on any atom is -0.496 e. The fourth-order valence-electron chi connectivity index (χ4n) is 3.89. The van der Waals surface area contributed by atoms with Gasteiger partial charge in [0, 0.05) is 23.2 Å². The summed E-state index contributed by atoms with van der Waals surface area (Å²) in [7, 11) is 1.72. The fourth-order valence-corrected chi connectivity index (χ4v) is 4.38. The zero-order valence-corrected chi connectivity index (χ0v) is 20.3. The molecule has 2 aromatic carbocycles. The van der Waals surface area contributed by atoms with Crippen LogP contribution in [0.1, 0.15) is 39.9 Å². The van der Waals surface area contributed by atoms with E-state index in [2.05, 4.69) is 51.9 Å². The Morgan fingerprint density at radius 3 is 2.81 bits per heavy atom. The number of fused-ring (bicyclic) bond motifs is 1. The third-order valence-corrected chi connectivity index (χ3v) is 6.19. The van der Waals surface area contributed by atoms with E-state index in [0.29, 0.717) is 17.9 Å². The predicted molar refractivity (Wildman–Crippen MR) is 129 cm³/mol. The molecule has 1 heterocycles. The van der Waals surface area contributed by atoms with E-state index in [0.717, 1.165) is 48.2 Å². The lowest BCUT2D eigenvalue weighted by molar-refractivity contribution is 0.0947. The number of halogens is 2. The molecular weight excluding hydrogens is 510 g/mol. The number of nitrogens with zero attached hydrogens (tertiary/aromatic N) is 1. The van der Waals surface area contributed by atoms with Gasteiger partial charge in [-0.2, -0.15) is 0 Å². The van der Waals surface area contributed by atoms with Gasteiger partial charge in [-0.1, -0.05) is 6.07 Å². The van der Waals surface area contributed by atoms with Gasteiger partial charge in [-0.05, 0) is 96.3 Å². The van der Waals surface area contributed by atoms with Crippen LogP contribution in [0.2, 0.25) is 0 Å². The van der Waals surface area contributed by atoms with Crippen molar-refractivity contribution in [2.45, 2.75) is 32.7 Å². The summed E-state index contributed by atoms with van der Waals surface area (Å²) in [6.45, 7) is 5.07. The molecule has 0 radical (unpaired) electrons. The van der Waals surface area contributed by atoms with Crippen LogP contribution < -0.4 is 14.8 Å². The highest BCUT2D eigenvalue weighted by molar-refractivity contribution is 14.1. The average Bonchev–Trinajstić information content (AvgIpc) is 2.77. The van der Waals surface area contributed by atoms with Crippen LogP contribution in [0, 0.1) is 10.5 Å². The second kappa shape index (κ2) is 11.7. The van der Waals surface area contributed by atoms with E-state index in [1.807, 2.05) is 6.07 Å². The van der Waals surface area contributed by atoms with Crippen molar-refractivity contribution in [2.24, 2.45) is 0 Å². The summed E-state index contributed by atoms with van der Waals surface area (Å²) in [5.74, 6) is 1.22. The molecule has 3 rings (SSSR count). The SMILES string of the molecule is COc1cc2c(cc1C)CN(CCCCNC(=O)c1cc(I)ccc1OCCF)CC2. The minimum atomic E-state index is -0.582. The highest BCUT2D eigenvalue weighted by Crippen LogP contribution is 2.27. The van der Waals surface area contributed by atoms with Gasteiger partial charge in [0.05, 0.1) is 12.7 Å². The molecule has 5 nitrogen and oxygen atoms in total. The fraction of sp³-hybridized carbons (Fsp3) is 0.458. The molecule has 0 unspecified atom stereocenters. The Balaban J connectivity index is 1.43. The number of rotatable bonds is 10. The van der Waals surface area contributed by atoms with Crippen LogP contribution >= 0.6 is 22.6 Å². The van der Waals surface area contributed by atoms with Gasteiger partial charge in [0.2, 0.25) is 0 Å². The van der Waals surface area contributed by atoms with Crippen LogP contribution in [0.15, 0.2) is 30.3 Å². The molecule has 31 heavy (non-hydrogen) atoms. The number of hydrogen-bond acceptors (Lipinski definition) is 4. The van der Waals surface area contributed by atoms with Gasteiger partial charge < -0.3 is 14.8 Å². The summed E-state index contributed by atoms with van der Waals surface area (Å²) in [5.41, 5.74) is 4.40. The lowest BCUT2D eigenvalue weighted by Gasteiger charge is -2.29. The Kier molecular flexibility index (Phi) is 8.95. The lowest BCUT2D eigenvalue weighted by atomic mass is 9.97. The normalized spacial score (nSPS) is 13.5. The van der Waals surface area contributed by atoms with Crippen molar-refractivity contribution >= 4 is 28.5 Å². The van der Waals surface area contributed by atoms with Crippen molar-refractivity contribution in [2.75, 3.05) is 40.0 Å². The second-order valence-corrected chi connectivity index (χ2v) is 9.00. The van der Waals surface area contributed by atoms with E-state index in [4.69, 9.17) is 9.47 Å². The number of alkyl halides is 1. The van der Waals surface area contributed by atoms with E-state index >= 15 is 0 Å². The van der Waals surface area contributed by atoms with Crippen LogP contribution in [0.5, 0.6) is 11.5 Å². The first kappa shape index (κ1) is 23.8. The molecule has 0 fully saturated rings. The number of ether oxygens (including phenoxy) is 2. The van der Waals surface area contributed by atoms with Crippen LogP contribution in [0.3, 0.4) is 0 Å². The lowest BCUT2D eigenvalue weighted by Crippen LogP contribution is -2.32. The molecule has 168 valence electrons.